The highest BCUT2D eigenvalue weighted by molar-refractivity contribution is 9.11. The van der Waals surface area contributed by atoms with Gasteiger partial charge >= 0.3 is 30.0 Å². The van der Waals surface area contributed by atoms with Gasteiger partial charge in [0.1, 0.15) is 5.60 Å². The van der Waals surface area contributed by atoms with Crippen molar-refractivity contribution < 1.29 is 78.8 Å². The van der Waals surface area contributed by atoms with E-state index in [0.29, 0.717) is 30.2 Å². The van der Waals surface area contributed by atoms with Gasteiger partial charge in [0.2, 0.25) is 0 Å². The number of carbonyl (C=O) groups excluding carboxylic acids is 4. The molecule has 0 saturated carbocycles. The van der Waals surface area contributed by atoms with Crippen LogP contribution in [0.5, 0.6) is 0 Å². The van der Waals surface area contributed by atoms with Gasteiger partial charge in [-0.2, -0.15) is 0 Å². The number of nitrogens with one attached hydrogen (secondary N) is 6. The van der Waals surface area contributed by atoms with E-state index in [1.165, 1.54) is 23.2 Å². The maximum Gasteiger partial charge on any atom is 0.419 e. The fraction of sp³-hybridized carbons (Fsp3) is 0.205. The van der Waals surface area contributed by atoms with Crippen molar-refractivity contribution >= 4 is 242 Å². The molecule has 7 heterocycles. The molecule has 30 heteroatoms. The maximum atomic E-state index is 12.3. The van der Waals surface area contributed by atoms with Gasteiger partial charge < -0.3 is 84.8 Å². The zero-order valence-electron chi connectivity index (χ0n) is 61.0. The first-order chi connectivity index (χ1) is 53.6. The first kappa shape index (κ1) is 88.7. The number of nitrogens with zero attached hydrogens (tertiary/aromatic N) is 1. The average molecular weight is 1990 g/mol. The van der Waals surface area contributed by atoms with Crippen molar-refractivity contribution in [2.75, 3.05) is 0 Å². The number of unbranched alkanes of at least 4 members (excludes halogenated alkanes) is 1. The molecule has 113 heavy (non-hydrogen) atoms. The second kappa shape index (κ2) is 41.8. The summed E-state index contributed by atoms with van der Waals surface area (Å²) in [5, 5.41) is 73.5. The van der Waals surface area contributed by atoms with E-state index < -0.39 is 59.4 Å². The third kappa shape index (κ3) is 27.8. The summed E-state index contributed by atoms with van der Waals surface area (Å²) >= 11 is 23.7. The zero-order chi connectivity index (χ0) is 82.4. The fourth-order valence-electron chi connectivity index (χ4n) is 11.3. The molecular weight excluding hydrogens is 1910 g/mol. The van der Waals surface area contributed by atoms with E-state index in [2.05, 4.69) is 160 Å². The van der Waals surface area contributed by atoms with Crippen LogP contribution in [0, 0.1) is 0 Å². The van der Waals surface area contributed by atoms with E-state index in [0.717, 1.165) is 156 Å². The summed E-state index contributed by atoms with van der Waals surface area (Å²) in [6, 6.07) is 53.8. The summed E-state index contributed by atoms with van der Waals surface area (Å²) < 4.78 is 13.3. The lowest BCUT2D eigenvalue weighted by Crippen LogP contribution is -2.33. The molecule has 0 aliphatic rings. The molecule has 23 nitrogen and oxygen atoms in total. The molecule has 0 amide bonds. The Kier molecular flexibility index (Phi) is 32.8. The summed E-state index contributed by atoms with van der Waals surface area (Å²) in [6.45, 7) is 7.09. The predicted molar refractivity (Wildman–Crippen MR) is 457 cm³/mol. The molecule has 7 aromatic heterocycles. The van der Waals surface area contributed by atoms with Crippen LogP contribution >= 0.6 is 112 Å². The smallest absolute Gasteiger partial charge is 0.419 e. The molecule has 0 radical (unpaired) electrons. The Morgan fingerprint density at radius 3 is 1.24 bits per heavy atom. The van der Waals surface area contributed by atoms with Gasteiger partial charge in [-0.15, -0.1) is 0 Å². The number of hydrogen-bond acceptors (Lipinski definition) is 12. The third-order valence-corrected chi connectivity index (χ3v) is 20.7. The Labute approximate surface area is 705 Å². The summed E-state index contributed by atoms with van der Waals surface area (Å²) in [5.41, 5.74) is 11.1. The summed E-state index contributed by atoms with van der Waals surface area (Å²) in [6.07, 6.45) is 7.39. The molecule has 10 N–H and O–H groups in total. The lowest BCUT2D eigenvalue weighted by atomic mass is 10.1. The Balaban J connectivity index is 0.000000166. The van der Waals surface area contributed by atoms with Crippen molar-refractivity contribution in [1.82, 2.24) is 34.5 Å². The quantitative estimate of drug-likeness (QED) is 0.0236. The predicted octanol–water partition coefficient (Wildman–Crippen LogP) is 19.0. The van der Waals surface area contributed by atoms with E-state index >= 15 is 0 Å². The monoisotopic (exact) mass is 1980 g/mol. The Morgan fingerprint density at radius 2 is 0.823 bits per heavy atom. The second-order valence-corrected chi connectivity index (χ2v) is 32.8. The van der Waals surface area contributed by atoms with Crippen molar-refractivity contribution in [3.05, 3.63) is 247 Å². The zero-order valence-corrected chi connectivity index (χ0v) is 72.1. The molecule has 7 aromatic carbocycles. The van der Waals surface area contributed by atoms with Crippen molar-refractivity contribution in [1.29, 1.82) is 0 Å². The van der Waals surface area contributed by atoms with Gasteiger partial charge in [0.15, 0.2) is 0 Å². The van der Waals surface area contributed by atoms with Crippen molar-refractivity contribution in [3.63, 3.8) is 0 Å². The lowest BCUT2D eigenvalue weighted by Gasteiger charge is -2.24. The highest BCUT2D eigenvalue weighted by Gasteiger charge is 2.25. The van der Waals surface area contributed by atoms with Crippen molar-refractivity contribution in [3.8, 4) is 0 Å². The minimum Gasteiger partial charge on any atom is -0.550 e. The third-order valence-electron chi connectivity index (χ3n) is 17.2. The normalized spacial score (nSPS) is 11.3. The van der Waals surface area contributed by atoms with Crippen LogP contribution in [0.25, 0.3) is 82.4 Å². The molecule has 14 aromatic rings. The molecule has 0 bridgehead atoms. The Hall–Kier alpha value is -9.82. The number of aromatic amines is 6. The number of fused-ring (bicyclic) bond motifs is 7. The number of aliphatic carboxylic acids is 6. The number of halogens is 7. The molecule has 1 unspecified atom stereocenters. The van der Waals surface area contributed by atoms with Gasteiger partial charge in [-0.1, -0.05) is 118 Å². The fourth-order valence-corrected chi connectivity index (χ4v) is 14.0. The molecule has 590 valence electrons. The summed E-state index contributed by atoms with van der Waals surface area (Å²) in [5.74, 6) is -7.24. The lowest BCUT2D eigenvalue weighted by molar-refractivity contribution is -0.305. The van der Waals surface area contributed by atoms with Crippen LogP contribution in [-0.4, -0.2) is 108 Å². The van der Waals surface area contributed by atoms with Crippen LogP contribution in [0.1, 0.15) is 123 Å². The number of rotatable bonds is 21. The number of aryl methyl sites for hydroxylation is 3. The number of hydrogen-bond donors (Lipinski definition) is 10. The molecule has 0 aliphatic carbocycles. The Bertz CT molecular complexity index is 5790. The van der Waals surface area contributed by atoms with Crippen LogP contribution in [0.4, 0.5) is 4.79 Å². The van der Waals surface area contributed by atoms with Crippen molar-refractivity contribution in [2.45, 2.75) is 110 Å². The number of aromatic carboxylic acids is 1. The second-order valence-electron chi connectivity index (χ2n) is 26.4. The van der Waals surface area contributed by atoms with Gasteiger partial charge in [-0.05, 0) is 254 Å². The van der Waals surface area contributed by atoms with Gasteiger partial charge in [0, 0.05) is 155 Å². The minimum absolute atomic E-state index is 0.0340. The van der Waals surface area contributed by atoms with Crippen LogP contribution in [-0.2, 0) is 59.2 Å². The van der Waals surface area contributed by atoms with E-state index in [-0.39, 0.29) is 31.4 Å². The van der Waals surface area contributed by atoms with Gasteiger partial charge in [0.25, 0.3) is 0 Å². The number of carboxylic acid groups (broad SMARTS) is 7. The van der Waals surface area contributed by atoms with Crippen LogP contribution in [0.3, 0.4) is 0 Å². The molecular formula is C83H75Br7N7O16-3. The van der Waals surface area contributed by atoms with Crippen LogP contribution in [0.15, 0.2) is 207 Å². The number of H-pyrrole nitrogens is 6. The maximum absolute atomic E-state index is 12.3. The molecule has 14 rings (SSSR count). The van der Waals surface area contributed by atoms with E-state index in [9.17, 15) is 53.7 Å². The molecule has 1 atom stereocenters. The van der Waals surface area contributed by atoms with E-state index in [4.69, 9.17) is 25.2 Å². The summed E-state index contributed by atoms with van der Waals surface area (Å²) in [4.78, 5) is 105. The summed E-state index contributed by atoms with van der Waals surface area (Å²) in [7, 11) is 0. The number of carboxylic acids is 7. The van der Waals surface area contributed by atoms with E-state index in [1.54, 1.807) is 39.0 Å². The highest BCUT2D eigenvalue weighted by atomic mass is 79.9. The van der Waals surface area contributed by atoms with Crippen LogP contribution in [0.2, 0.25) is 0 Å². The first-order valence-electron chi connectivity index (χ1n) is 35.0. The van der Waals surface area contributed by atoms with E-state index in [1.807, 2.05) is 134 Å². The SMILES string of the molecule is CC(C(=O)O)c1cc2cc(Br)ccc2[nH]1.CCC(C)(C)OC(=O)n1c(C(=O)[O-])cc2cc(Br)ccc21.O=C(O)CCCCc1cc2cc(Br)ccc2[nH]1.O=C(O)CCCc1cc2cc(Br)ccc2[nH]1.O=C(O)Cc1cc2cc(Br)ccc2[nH]1.O=C([O-])/C=C/c1cc2cc(Br)ccc2[nH]1.O=C([O-])CCc1cc2cc(Br)ccc2[nH]1. The first-order valence-corrected chi connectivity index (χ1v) is 40.5. The standard InChI is InChI=1S/C15H16BrNO4.C13H14BrNO2.C12H12BrNO2.2C11H10BrNO2.C11H8BrNO2.C10H8BrNO2/c1-4-15(2,3)21-14(20)17-11-6-5-10(16)7-9(11)8-12(17)13(18)19;14-10-5-6-12-9(7-10)8-11(15-12)3-1-2-4-13(16)17;13-9-4-5-11-8(6-9)7-10(14-11)2-1-3-12(15)16;1-6(11(14)15)10-5-7-4-8(12)2-3-9(7)13-10;2*12-8-1-3-10-7(5-8)6-9(13-10)2-4-11(14)15;11-7-1-2-9-6(3-7)4-8(12-9)5-10(13)14/h5-8H,4H2,1-3H3,(H,18,19);5-8,15H,1-4H2,(H,16,17);4-7,14H,1-3H2,(H,15,16);2-6,13H,1H3,(H,14,15);1,3,5-6,13H,2,4H2,(H,14,15);1-6,13H,(H,14,15);1-4,12H,5H2,(H,13,14)/p-3/b;;;;;4-2+;. The van der Waals surface area contributed by atoms with Crippen molar-refractivity contribution in [2.24, 2.45) is 0 Å². The molecule has 0 fully saturated rings. The van der Waals surface area contributed by atoms with Crippen LogP contribution < -0.4 is 15.3 Å². The highest BCUT2D eigenvalue weighted by Crippen LogP contribution is 2.30. The Morgan fingerprint density at radius 1 is 0.442 bits per heavy atom. The topological polar surface area (TPSA) is 396 Å². The number of carbonyl (C=O) groups is 8. The van der Waals surface area contributed by atoms with Gasteiger partial charge in [0.05, 0.1) is 35.5 Å². The average Bonchev–Trinajstić information content (AvgIpc) is 1.63. The molecule has 0 saturated heterocycles. The molecule has 0 spiro atoms. The number of benzene rings is 7. The van der Waals surface area contributed by atoms with Gasteiger partial charge in [-0.3, -0.25) is 19.2 Å². The minimum atomic E-state index is -1.42. The number of ether oxygens (including phenoxy) is 1. The largest absolute Gasteiger partial charge is 0.550 e. The molecule has 0 aliphatic heterocycles. The van der Waals surface area contributed by atoms with Gasteiger partial charge in [-0.25, -0.2) is 9.36 Å². The number of aromatic nitrogens is 7.